The third-order valence-electron chi connectivity index (χ3n) is 1.41. The molecule has 0 aromatic carbocycles. The predicted molar refractivity (Wildman–Crippen MR) is 50.9 cm³/mol. The summed E-state index contributed by atoms with van der Waals surface area (Å²) in [5.74, 6) is 0.0743. The Morgan fingerprint density at radius 2 is 2.00 bits per heavy atom. The van der Waals surface area contributed by atoms with Gasteiger partial charge in [0.15, 0.2) is 6.61 Å². The van der Waals surface area contributed by atoms with Gasteiger partial charge in [-0.1, -0.05) is 0 Å². The van der Waals surface area contributed by atoms with E-state index in [-0.39, 0.29) is 24.7 Å². The summed E-state index contributed by atoms with van der Waals surface area (Å²) in [5.41, 5.74) is 5.91. The molecule has 15 heavy (non-hydrogen) atoms. The van der Waals surface area contributed by atoms with Crippen LogP contribution in [0.25, 0.3) is 0 Å². The molecule has 1 heterocycles. The Balaban J connectivity index is 0.00000196. The minimum atomic E-state index is -4.33. The van der Waals surface area contributed by atoms with Crippen molar-refractivity contribution >= 4 is 12.4 Å². The first-order valence-corrected chi connectivity index (χ1v) is 3.85. The van der Waals surface area contributed by atoms with E-state index in [0.717, 1.165) is 0 Å². The number of ether oxygens (including phenoxy) is 1. The number of nitrogens with two attached hydrogens (primary N) is 1. The van der Waals surface area contributed by atoms with E-state index in [0.29, 0.717) is 5.56 Å². The Kier molecular flexibility index (Phi) is 5.38. The van der Waals surface area contributed by atoms with E-state index in [4.69, 9.17) is 5.73 Å². The number of hydrogen-bond donors (Lipinski definition) is 1. The van der Waals surface area contributed by atoms with Crippen molar-refractivity contribution in [2.45, 2.75) is 12.7 Å². The lowest BCUT2D eigenvalue weighted by Crippen LogP contribution is -2.19. The van der Waals surface area contributed by atoms with Crippen LogP contribution in [0.1, 0.15) is 5.56 Å². The topological polar surface area (TPSA) is 48.1 Å². The van der Waals surface area contributed by atoms with Crippen molar-refractivity contribution in [1.29, 1.82) is 0 Å². The fourth-order valence-electron chi connectivity index (χ4n) is 0.819. The molecule has 0 spiro atoms. The number of hydrogen-bond acceptors (Lipinski definition) is 3. The fraction of sp³-hybridized carbons (Fsp3) is 0.375. The smallest absolute Gasteiger partial charge is 0.422 e. The normalized spacial score (nSPS) is 10.7. The zero-order valence-electron chi connectivity index (χ0n) is 7.62. The molecule has 2 N–H and O–H groups in total. The van der Waals surface area contributed by atoms with Crippen molar-refractivity contribution in [3.8, 4) is 5.75 Å². The number of halogens is 4. The van der Waals surface area contributed by atoms with Crippen LogP contribution in [0, 0.1) is 0 Å². The second-order valence-electron chi connectivity index (χ2n) is 2.64. The molecule has 0 saturated carbocycles. The van der Waals surface area contributed by atoms with E-state index >= 15 is 0 Å². The maximum Gasteiger partial charge on any atom is 0.422 e. The van der Waals surface area contributed by atoms with Gasteiger partial charge in [0.25, 0.3) is 0 Å². The van der Waals surface area contributed by atoms with Gasteiger partial charge in [0.1, 0.15) is 5.75 Å². The average Bonchev–Trinajstić information content (AvgIpc) is 2.14. The van der Waals surface area contributed by atoms with E-state index in [1.807, 2.05) is 0 Å². The molecule has 1 rings (SSSR count). The standard InChI is InChI=1S/C8H9F3N2O.ClH/c9-8(10,11)5-14-7-1-6(2-12)3-13-4-7;/h1,3-4H,2,5,12H2;1H. The molecule has 3 nitrogen and oxygen atoms in total. The molecule has 0 aliphatic heterocycles. The molecular formula is C8H10ClF3N2O. The fourth-order valence-corrected chi connectivity index (χ4v) is 0.819. The van der Waals surface area contributed by atoms with Crippen molar-refractivity contribution in [2.75, 3.05) is 6.61 Å². The first-order valence-electron chi connectivity index (χ1n) is 3.85. The van der Waals surface area contributed by atoms with Gasteiger partial charge < -0.3 is 10.5 Å². The van der Waals surface area contributed by atoms with E-state index < -0.39 is 12.8 Å². The van der Waals surface area contributed by atoms with Crippen LogP contribution in [0.2, 0.25) is 0 Å². The summed E-state index contributed by atoms with van der Waals surface area (Å²) in [6, 6.07) is 1.43. The number of aromatic nitrogens is 1. The van der Waals surface area contributed by atoms with Gasteiger partial charge in [0, 0.05) is 12.7 Å². The molecule has 0 fully saturated rings. The molecule has 1 aromatic rings. The summed E-state index contributed by atoms with van der Waals surface area (Å²) in [5, 5.41) is 0. The van der Waals surface area contributed by atoms with Crippen LogP contribution >= 0.6 is 12.4 Å². The lowest BCUT2D eigenvalue weighted by atomic mass is 10.3. The van der Waals surface area contributed by atoms with E-state index in [2.05, 4.69) is 9.72 Å². The predicted octanol–water partition coefficient (Wildman–Crippen LogP) is 1.90. The Labute approximate surface area is 90.8 Å². The third kappa shape index (κ3) is 5.44. The van der Waals surface area contributed by atoms with E-state index in [9.17, 15) is 13.2 Å². The van der Waals surface area contributed by atoms with Gasteiger partial charge in [-0.2, -0.15) is 13.2 Å². The Morgan fingerprint density at radius 1 is 1.33 bits per heavy atom. The molecule has 0 amide bonds. The summed E-state index contributed by atoms with van der Waals surface area (Å²) >= 11 is 0. The quantitative estimate of drug-likeness (QED) is 0.881. The first kappa shape index (κ1) is 14.0. The van der Waals surface area contributed by atoms with Crippen molar-refractivity contribution in [1.82, 2.24) is 4.98 Å². The van der Waals surface area contributed by atoms with Gasteiger partial charge in [-0.25, -0.2) is 0 Å². The van der Waals surface area contributed by atoms with Gasteiger partial charge in [0.2, 0.25) is 0 Å². The molecule has 0 atom stereocenters. The van der Waals surface area contributed by atoms with Crippen LogP contribution in [0.3, 0.4) is 0 Å². The number of nitrogens with zero attached hydrogens (tertiary/aromatic N) is 1. The Morgan fingerprint density at radius 3 is 2.53 bits per heavy atom. The van der Waals surface area contributed by atoms with Gasteiger partial charge >= 0.3 is 6.18 Å². The average molecular weight is 243 g/mol. The first-order chi connectivity index (χ1) is 6.51. The highest BCUT2D eigenvalue weighted by atomic mass is 35.5. The lowest BCUT2D eigenvalue weighted by Gasteiger charge is -2.09. The summed E-state index contributed by atoms with van der Waals surface area (Å²) < 4.78 is 39.7. The van der Waals surface area contributed by atoms with Crippen LogP contribution < -0.4 is 10.5 Å². The molecule has 0 saturated heterocycles. The van der Waals surface area contributed by atoms with Gasteiger partial charge in [-0.3, -0.25) is 4.98 Å². The highest BCUT2D eigenvalue weighted by Gasteiger charge is 2.28. The summed E-state index contributed by atoms with van der Waals surface area (Å²) in [6.45, 7) is -1.10. The number of rotatable bonds is 3. The number of pyridine rings is 1. The van der Waals surface area contributed by atoms with Crippen molar-refractivity contribution in [3.63, 3.8) is 0 Å². The van der Waals surface area contributed by atoms with E-state index in [1.54, 1.807) is 0 Å². The molecular weight excluding hydrogens is 233 g/mol. The molecule has 0 aliphatic carbocycles. The molecule has 0 bridgehead atoms. The van der Waals surface area contributed by atoms with E-state index in [1.165, 1.54) is 18.5 Å². The minimum Gasteiger partial charge on any atom is -0.482 e. The van der Waals surface area contributed by atoms with Crippen LogP contribution in [0.15, 0.2) is 18.5 Å². The van der Waals surface area contributed by atoms with Crippen LogP contribution in [-0.2, 0) is 6.54 Å². The largest absolute Gasteiger partial charge is 0.482 e. The van der Waals surface area contributed by atoms with Crippen LogP contribution in [-0.4, -0.2) is 17.8 Å². The molecule has 1 aromatic heterocycles. The Bertz CT molecular complexity index is 306. The molecule has 0 radical (unpaired) electrons. The second kappa shape index (κ2) is 5.77. The SMILES string of the molecule is Cl.NCc1cncc(OCC(F)(F)F)c1. The van der Waals surface area contributed by atoms with Crippen molar-refractivity contribution in [3.05, 3.63) is 24.0 Å². The highest BCUT2D eigenvalue weighted by Crippen LogP contribution is 2.18. The Hall–Kier alpha value is -1.01. The zero-order chi connectivity index (χ0) is 10.6. The van der Waals surface area contributed by atoms with Crippen molar-refractivity contribution in [2.24, 2.45) is 5.73 Å². The summed E-state index contributed by atoms with van der Waals surface area (Å²) in [6.07, 6.45) is -1.65. The summed E-state index contributed by atoms with van der Waals surface area (Å²) in [4.78, 5) is 3.68. The monoisotopic (exact) mass is 242 g/mol. The molecule has 0 unspecified atom stereocenters. The third-order valence-corrected chi connectivity index (χ3v) is 1.41. The molecule has 86 valence electrons. The molecule has 0 aliphatic rings. The van der Waals surface area contributed by atoms with Crippen LogP contribution in [0.5, 0.6) is 5.75 Å². The highest BCUT2D eigenvalue weighted by molar-refractivity contribution is 5.85. The second-order valence-corrected chi connectivity index (χ2v) is 2.64. The lowest BCUT2D eigenvalue weighted by molar-refractivity contribution is -0.153. The van der Waals surface area contributed by atoms with Crippen molar-refractivity contribution < 1.29 is 17.9 Å². The van der Waals surface area contributed by atoms with Crippen LogP contribution in [0.4, 0.5) is 13.2 Å². The van der Waals surface area contributed by atoms with Gasteiger partial charge in [-0.15, -0.1) is 12.4 Å². The van der Waals surface area contributed by atoms with Gasteiger partial charge in [-0.05, 0) is 11.6 Å². The zero-order valence-corrected chi connectivity index (χ0v) is 8.44. The maximum atomic E-state index is 11.8. The minimum absolute atomic E-state index is 0. The molecule has 7 heteroatoms. The van der Waals surface area contributed by atoms with Gasteiger partial charge in [0.05, 0.1) is 6.20 Å². The number of alkyl halides is 3. The maximum absolute atomic E-state index is 11.8. The summed E-state index contributed by atoms with van der Waals surface area (Å²) in [7, 11) is 0.